The Morgan fingerprint density at radius 2 is 0.812 bits per heavy atom. The summed E-state index contributed by atoms with van der Waals surface area (Å²) in [5.41, 5.74) is 6.33. The van der Waals surface area contributed by atoms with Crippen LogP contribution in [-0.4, -0.2) is 23.4 Å². The lowest BCUT2D eigenvalue weighted by Crippen LogP contribution is -2.02. The Hall–Kier alpha value is -1.12. The number of hydrogen-bond acceptors (Lipinski definition) is 2. The number of unbranched alkanes of at least 4 members (excludes halogenated alkanes) is 1. The third-order valence-electron chi connectivity index (χ3n) is 7.15. The highest BCUT2D eigenvalue weighted by molar-refractivity contribution is 5.08. The third kappa shape index (κ3) is 10.7. The molecule has 0 spiro atoms. The first-order valence-corrected chi connectivity index (χ1v) is 13.0. The average molecular weight is 443 g/mol. The van der Waals surface area contributed by atoms with Crippen molar-refractivity contribution in [3.05, 3.63) is 46.6 Å². The lowest BCUT2D eigenvalue weighted by molar-refractivity contribution is 0.319. The molecular formula is C30H50O2. The summed E-state index contributed by atoms with van der Waals surface area (Å²) < 4.78 is 11.4. The molecule has 0 bridgehead atoms. The van der Waals surface area contributed by atoms with E-state index in [0.717, 1.165) is 25.7 Å². The quantitative estimate of drug-likeness (QED) is 0.143. The molecule has 2 heteroatoms. The van der Waals surface area contributed by atoms with Crippen LogP contribution in [0.2, 0.25) is 0 Å². The average Bonchev–Trinajstić information content (AvgIpc) is 3.54. The summed E-state index contributed by atoms with van der Waals surface area (Å²) in [4.78, 5) is 0. The maximum Gasteiger partial charge on any atom is 0.0892 e. The van der Waals surface area contributed by atoms with Gasteiger partial charge in [0.05, 0.1) is 23.4 Å². The molecule has 2 aliphatic rings. The van der Waals surface area contributed by atoms with E-state index in [1.165, 1.54) is 60.8 Å². The van der Waals surface area contributed by atoms with Crippen molar-refractivity contribution in [2.45, 2.75) is 143 Å². The van der Waals surface area contributed by atoms with Gasteiger partial charge in [0, 0.05) is 0 Å². The van der Waals surface area contributed by atoms with Gasteiger partial charge in [-0.2, -0.15) is 0 Å². The second kappa shape index (κ2) is 12.4. The predicted molar refractivity (Wildman–Crippen MR) is 139 cm³/mol. The molecule has 2 aliphatic heterocycles. The molecule has 32 heavy (non-hydrogen) atoms. The molecule has 0 amide bonds. The van der Waals surface area contributed by atoms with Gasteiger partial charge in [-0.1, -0.05) is 46.6 Å². The summed E-state index contributed by atoms with van der Waals surface area (Å²) in [5, 5.41) is 0. The highest BCUT2D eigenvalue weighted by Crippen LogP contribution is 2.39. The van der Waals surface area contributed by atoms with E-state index in [0.29, 0.717) is 12.2 Å². The minimum absolute atomic E-state index is 0.130. The fourth-order valence-electron chi connectivity index (χ4n) is 4.36. The Morgan fingerprint density at radius 1 is 0.531 bits per heavy atom. The standard InChI is InChI=1S/C30H50O2/c1-23(13-9-10-14-25(3)19-21-27-29(5,6)31-27)15-11-16-24(2)17-12-18-26(4)20-22-28-30(7,8)32-28/h13-14,16,18,27-28H,9-12,15,17,19-22H2,1-8H3/b23-13+,24-16+,25-14+,26-18+/t27-,28-/m0/s1. The van der Waals surface area contributed by atoms with Crippen molar-refractivity contribution in [3.63, 3.8) is 0 Å². The van der Waals surface area contributed by atoms with E-state index in [2.05, 4.69) is 79.7 Å². The zero-order valence-corrected chi connectivity index (χ0v) is 22.4. The van der Waals surface area contributed by atoms with Crippen LogP contribution in [0.1, 0.15) is 120 Å². The van der Waals surface area contributed by atoms with Crippen LogP contribution in [-0.2, 0) is 9.47 Å². The van der Waals surface area contributed by atoms with E-state index in [1.54, 1.807) is 0 Å². The lowest BCUT2D eigenvalue weighted by Gasteiger charge is -2.03. The minimum atomic E-state index is 0.130. The van der Waals surface area contributed by atoms with Crippen LogP contribution in [0.4, 0.5) is 0 Å². The highest BCUT2D eigenvalue weighted by Gasteiger charge is 2.47. The van der Waals surface area contributed by atoms with E-state index >= 15 is 0 Å². The van der Waals surface area contributed by atoms with Crippen molar-refractivity contribution in [1.29, 1.82) is 0 Å². The summed E-state index contributed by atoms with van der Waals surface area (Å²) in [6, 6.07) is 0. The molecule has 0 aromatic carbocycles. The van der Waals surface area contributed by atoms with Crippen LogP contribution < -0.4 is 0 Å². The molecule has 182 valence electrons. The van der Waals surface area contributed by atoms with Crippen molar-refractivity contribution in [2.24, 2.45) is 0 Å². The van der Waals surface area contributed by atoms with Gasteiger partial charge in [0.15, 0.2) is 0 Å². The number of ether oxygens (including phenoxy) is 2. The number of allylic oxidation sites excluding steroid dienone is 8. The summed E-state index contributed by atoms with van der Waals surface area (Å²) >= 11 is 0. The van der Waals surface area contributed by atoms with Crippen molar-refractivity contribution >= 4 is 0 Å². The molecule has 2 atom stereocenters. The molecule has 0 aromatic heterocycles. The van der Waals surface area contributed by atoms with E-state index in [-0.39, 0.29) is 11.2 Å². The van der Waals surface area contributed by atoms with Gasteiger partial charge in [-0.3, -0.25) is 0 Å². The van der Waals surface area contributed by atoms with Crippen LogP contribution in [0.15, 0.2) is 46.6 Å². The minimum Gasteiger partial charge on any atom is -0.367 e. The van der Waals surface area contributed by atoms with Crippen LogP contribution in [0.3, 0.4) is 0 Å². The van der Waals surface area contributed by atoms with Gasteiger partial charge in [-0.25, -0.2) is 0 Å². The van der Waals surface area contributed by atoms with Crippen molar-refractivity contribution in [3.8, 4) is 0 Å². The lowest BCUT2D eigenvalue weighted by atomic mass is 10.0. The number of rotatable bonds is 15. The van der Waals surface area contributed by atoms with Gasteiger partial charge in [-0.15, -0.1) is 0 Å². The fourth-order valence-corrected chi connectivity index (χ4v) is 4.36. The van der Waals surface area contributed by atoms with Gasteiger partial charge in [0.1, 0.15) is 0 Å². The zero-order chi connectivity index (χ0) is 23.8. The van der Waals surface area contributed by atoms with Crippen LogP contribution in [0, 0.1) is 0 Å². The zero-order valence-electron chi connectivity index (χ0n) is 22.4. The van der Waals surface area contributed by atoms with E-state index in [4.69, 9.17) is 9.47 Å². The third-order valence-corrected chi connectivity index (χ3v) is 7.15. The van der Waals surface area contributed by atoms with E-state index < -0.39 is 0 Å². The molecule has 0 radical (unpaired) electrons. The first-order valence-electron chi connectivity index (χ1n) is 13.0. The maximum absolute atomic E-state index is 5.68. The summed E-state index contributed by atoms with van der Waals surface area (Å²) in [7, 11) is 0. The Bertz CT molecular complexity index is 717. The Morgan fingerprint density at radius 3 is 1.12 bits per heavy atom. The van der Waals surface area contributed by atoms with Crippen molar-refractivity contribution in [2.75, 3.05) is 0 Å². The van der Waals surface area contributed by atoms with E-state index in [1.807, 2.05) is 0 Å². The van der Waals surface area contributed by atoms with Gasteiger partial charge in [-0.05, 0) is 120 Å². The Kier molecular flexibility index (Phi) is 10.5. The molecule has 0 aromatic rings. The molecule has 0 aliphatic carbocycles. The first kappa shape index (κ1) is 27.1. The first-order chi connectivity index (χ1) is 15.0. The summed E-state index contributed by atoms with van der Waals surface area (Å²) in [5.74, 6) is 0. The summed E-state index contributed by atoms with van der Waals surface area (Å²) in [6.45, 7) is 17.8. The smallest absolute Gasteiger partial charge is 0.0892 e. The van der Waals surface area contributed by atoms with Crippen molar-refractivity contribution < 1.29 is 9.47 Å². The second-order valence-corrected chi connectivity index (χ2v) is 11.4. The Balaban J connectivity index is 1.52. The molecule has 2 saturated heterocycles. The normalized spacial score (nSPS) is 25.2. The molecular weight excluding hydrogens is 392 g/mol. The SMILES string of the molecule is C/C(=C\CC/C=C(\C)CC[C@@H]1OC1(C)C)CC/C=C(\C)CC/C=C(\C)CC[C@@H]1OC1(C)C. The number of epoxide rings is 2. The van der Waals surface area contributed by atoms with Gasteiger partial charge in [0.25, 0.3) is 0 Å². The molecule has 0 saturated carbocycles. The van der Waals surface area contributed by atoms with E-state index in [9.17, 15) is 0 Å². The topological polar surface area (TPSA) is 25.1 Å². The van der Waals surface area contributed by atoms with Gasteiger partial charge >= 0.3 is 0 Å². The maximum atomic E-state index is 5.68. The second-order valence-electron chi connectivity index (χ2n) is 11.4. The monoisotopic (exact) mass is 442 g/mol. The molecule has 2 nitrogen and oxygen atoms in total. The highest BCUT2D eigenvalue weighted by atomic mass is 16.6. The molecule has 2 heterocycles. The number of hydrogen-bond donors (Lipinski definition) is 0. The largest absolute Gasteiger partial charge is 0.367 e. The van der Waals surface area contributed by atoms with Gasteiger partial charge in [0.2, 0.25) is 0 Å². The predicted octanol–water partition coefficient (Wildman–Crippen LogP) is 9.03. The Labute approximate surface area is 199 Å². The van der Waals surface area contributed by atoms with Gasteiger partial charge < -0.3 is 9.47 Å². The van der Waals surface area contributed by atoms with Crippen LogP contribution in [0.5, 0.6) is 0 Å². The van der Waals surface area contributed by atoms with Crippen LogP contribution >= 0.6 is 0 Å². The fraction of sp³-hybridized carbons (Fsp3) is 0.733. The van der Waals surface area contributed by atoms with Crippen LogP contribution in [0.25, 0.3) is 0 Å². The van der Waals surface area contributed by atoms with Crippen molar-refractivity contribution in [1.82, 2.24) is 0 Å². The molecule has 2 fully saturated rings. The summed E-state index contributed by atoms with van der Waals surface area (Å²) in [6.07, 6.45) is 22.3. The molecule has 0 N–H and O–H groups in total. The molecule has 2 rings (SSSR count). The molecule has 0 unspecified atom stereocenters.